The summed E-state index contributed by atoms with van der Waals surface area (Å²) in [4.78, 5) is 12.2. The van der Waals surface area contributed by atoms with E-state index in [0.29, 0.717) is 18.0 Å². The first kappa shape index (κ1) is 18.4. The molecule has 1 saturated heterocycles. The molecule has 0 bridgehead atoms. The summed E-state index contributed by atoms with van der Waals surface area (Å²) < 4.78 is 32.2. The molecule has 1 aromatic heterocycles. The van der Waals surface area contributed by atoms with Crippen LogP contribution in [-0.4, -0.2) is 31.2 Å². The molecule has 0 saturated carbocycles. The fraction of sp³-hybridized carbons (Fsp3) is 0.316. The summed E-state index contributed by atoms with van der Waals surface area (Å²) in [7, 11) is -3.50. The Morgan fingerprint density at radius 3 is 2.65 bits per heavy atom. The highest BCUT2D eigenvalue weighted by atomic mass is 32.2. The zero-order chi connectivity index (χ0) is 18.6. The third-order valence-corrected chi connectivity index (χ3v) is 6.44. The van der Waals surface area contributed by atoms with Crippen LogP contribution in [0.4, 0.5) is 5.69 Å². The predicted octanol–water partition coefficient (Wildman–Crippen LogP) is 3.49. The molecule has 1 fully saturated rings. The monoisotopic (exact) mass is 374 g/mol. The molecular weight excluding hydrogens is 352 g/mol. The lowest BCUT2D eigenvalue weighted by atomic mass is 10.1. The number of benzene rings is 1. The Kier molecular flexibility index (Phi) is 5.58. The van der Waals surface area contributed by atoms with E-state index in [1.165, 1.54) is 24.5 Å². The van der Waals surface area contributed by atoms with E-state index in [1.807, 2.05) is 6.92 Å². The lowest BCUT2D eigenvalue weighted by Crippen LogP contribution is -2.41. The van der Waals surface area contributed by atoms with Crippen molar-refractivity contribution in [1.29, 1.82) is 0 Å². The molecule has 138 valence electrons. The average molecular weight is 374 g/mol. The topological polar surface area (TPSA) is 79.6 Å². The molecule has 0 unspecified atom stereocenters. The van der Waals surface area contributed by atoms with E-state index in [-0.39, 0.29) is 16.8 Å². The lowest BCUT2D eigenvalue weighted by Gasteiger charge is -2.32. The number of carbonyl (C=O) groups excluding carboxylic acids is 1. The fourth-order valence-corrected chi connectivity index (χ4v) is 4.70. The van der Waals surface area contributed by atoms with E-state index in [9.17, 15) is 13.2 Å². The summed E-state index contributed by atoms with van der Waals surface area (Å²) >= 11 is 0. The van der Waals surface area contributed by atoms with Crippen molar-refractivity contribution in [3.8, 4) is 0 Å². The Bertz CT molecular complexity index is 871. The summed E-state index contributed by atoms with van der Waals surface area (Å²) in [6.07, 6.45) is 7.28. The molecule has 6 nitrogen and oxygen atoms in total. The molecule has 1 aromatic carbocycles. The minimum absolute atomic E-state index is 0.0138. The van der Waals surface area contributed by atoms with Gasteiger partial charge < -0.3 is 9.73 Å². The zero-order valence-electron chi connectivity index (χ0n) is 14.6. The van der Waals surface area contributed by atoms with Gasteiger partial charge in [-0.05, 0) is 62.2 Å². The Morgan fingerprint density at radius 1 is 1.23 bits per heavy atom. The Balaban J connectivity index is 1.67. The lowest BCUT2D eigenvalue weighted by molar-refractivity contribution is -0.111. The molecule has 0 aliphatic carbocycles. The van der Waals surface area contributed by atoms with Crippen LogP contribution in [0.5, 0.6) is 0 Å². The first-order valence-electron chi connectivity index (χ1n) is 8.61. The van der Waals surface area contributed by atoms with Gasteiger partial charge in [0, 0.05) is 24.4 Å². The number of nitrogens with zero attached hydrogens (tertiary/aromatic N) is 1. The van der Waals surface area contributed by atoms with Crippen LogP contribution in [0.25, 0.3) is 6.08 Å². The van der Waals surface area contributed by atoms with E-state index >= 15 is 0 Å². The number of rotatable bonds is 5. The van der Waals surface area contributed by atoms with Gasteiger partial charge in [0.15, 0.2) is 0 Å². The third kappa shape index (κ3) is 4.23. The number of hydrogen-bond acceptors (Lipinski definition) is 4. The molecule has 7 heteroatoms. The molecule has 0 spiro atoms. The van der Waals surface area contributed by atoms with Gasteiger partial charge in [0.1, 0.15) is 5.76 Å². The number of furan rings is 1. The van der Waals surface area contributed by atoms with E-state index in [2.05, 4.69) is 5.32 Å². The summed E-state index contributed by atoms with van der Waals surface area (Å²) in [5, 5.41) is 2.70. The van der Waals surface area contributed by atoms with Crippen molar-refractivity contribution < 1.29 is 17.6 Å². The van der Waals surface area contributed by atoms with Crippen LogP contribution in [0.15, 0.2) is 58.1 Å². The van der Waals surface area contributed by atoms with E-state index < -0.39 is 10.0 Å². The molecule has 2 aromatic rings. The van der Waals surface area contributed by atoms with Crippen LogP contribution in [0, 0.1) is 0 Å². The molecule has 0 radical (unpaired) electrons. The second-order valence-electron chi connectivity index (χ2n) is 6.32. The zero-order valence-corrected chi connectivity index (χ0v) is 15.4. The standard InChI is InChI=1S/C19H22N2O4S/c1-15-5-2-3-13-21(15)26(23,24)18-10-7-16(8-11-18)20-19(22)12-9-17-6-4-14-25-17/h4,6-12,14-15H,2-3,5,13H2,1H3,(H,20,22)/b12-9-/t15-/m0/s1. The molecule has 2 heterocycles. The second-order valence-corrected chi connectivity index (χ2v) is 8.21. The largest absolute Gasteiger partial charge is 0.465 e. The van der Waals surface area contributed by atoms with Crippen LogP contribution in [0.1, 0.15) is 31.9 Å². The van der Waals surface area contributed by atoms with Crippen LogP contribution >= 0.6 is 0 Å². The highest BCUT2D eigenvalue weighted by Crippen LogP contribution is 2.25. The summed E-state index contributed by atoms with van der Waals surface area (Å²) in [6.45, 7) is 2.50. The smallest absolute Gasteiger partial charge is 0.248 e. The van der Waals surface area contributed by atoms with Crippen LogP contribution in [-0.2, 0) is 14.8 Å². The van der Waals surface area contributed by atoms with Gasteiger partial charge in [0.25, 0.3) is 0 Å². The number of sulfonamides is 1. The minimum atomic E-state index is -3.50. The number of nitrogens with one attached hydrogen (secondary N) is 1. The number of piperidine rings is 1. The van der Waals surface area contributed by atoms with Gasteiger partial charge in [-0.3, -0.25) is 4.79 Å². The van der Waals surface area contributed by atoms with Crippen molar-refractivity contribution in [2.24, 2.45) is 0 Å². The van der Waals surface area contributed by atoms with Crippen LogP contribution in [0.2, 0.25) is 0 Å². The highest BCUT2D eigenvalue weighted by Gasteiger charge is 2.30. The van der Waals surface area contributed by atoms with Crippen molar-refractivity contribution in [2.45, 2.75) is 37.1 Å². The number of hydrogen-bond donors (Lipinski definition) is 1. The van der Waals surface area contributed by atoms with Crippen molar-refractivity contribution in [3.05, 3.63) is 54.5 Å². The molecule has 1 aliphatic rings. The Hall–Kier alpha value is -2.38. The molecule has 1 N–H and O–H groups in total. The number of carbonyl (C=O) groups is 1. The molecule has 3 rings (SSSR count). The molecule has 1 atom stereocenters. The minimum Gasteiger partial charge on any atom is -0.465 e. The molecule has 1 amide bonds. The quantitative estimate of drug-likeness (QED) is 0.813. The van der Waals surface area contributed by atoms with Crippen LogP contribution < -0.4 is 5.32 Å². The summed E-state index contributed by atoms with van der Waals surface area (Å²) in [5.41, 5.74) is 0.532. The Morgan fingerprint density at radius 2 is 2.00 bits per heavy atom. The first-order chi connectivity index (χ1) is 12.5. The summed E-state index contributed by atoms with van der Waals surface area (Å²) in [6, 6.07) is 9.75. The van der Waals surface area contributed by atoms with Gasteiger partial charge >= 0.3 is 0 Å². The van der Waals surface area contributed by atoms with E-state index in [0.717, 1.165) is 19.3 Å². The van der Waals surface area contributed by atoms with Gasteiger partial charge in [0.05, 0.1) is 11.2 Å². The Labute approximate surface area is 153 Å². The number of anilines is 1. The molecule has 1 aliphatic heterocycles. The van der Waals surface area contributed by atoms with Gasteiger partial charge in [-0.2, -0.15) is 4.31 Å². The fourth-order valence-electron chi connectivity index (χ4n) is 3.00. The van der Waals surface area contributed by atoms with Gasteiger partial charge in [-0.1, -0.05) is 6.42 Å². The van der Waals surface area contributed by atoms with Crippen molar-refractivity contribution in [3.63, 3.8) is 0 Å². The van der Waals surface area contributed by atoms with Crippen molar-refractivity contribution >= 4 is 27.7 Å². The number of amides is 1. The van der Waals surface area contributed by atoms with Crippen molar-refractivity contribution in [1.82, 2.24) is 4.31 Å². The molecular formula is C19H22N2O4S. The third-order valence-electron chi connectivity index (χ3n) is 4.41. The second kappa shape index (κ2) is 7.88. The van der Waals surface area contributed by atoms with Gasteiger partial charge in [0.2, 0.25) is 15.9 Å². The SMILES string of the molecule is C[C@H]1CCCCN1S(=O)(=O)c1ccc(NC(=O)/C=C\c2ccco2)cc1. The maximum Gasteiger partial charge on any atom is 0.248 e. The van der Waals surface area contributed by atoms with Crippen LogP contribution in [0.3, 0.4) is 0 Å². The van der Waals surface area contributed by atoms with E-state index in [1.54, 1.807) is 34.6 Å². The summed E-state index contributed by atoms with van der Waals surface area (Å²) in [5.74, 6) is 0.263. The normalized spacial score (nSPS) is 18.9. The van der Waals surface area contributed by atoms with E-state index in [4.69, 9.17) is 4.42 Å². The van der Waals surface area contributed by atoms with Crippen molar-refractivity contribution in [2.75, 3.05) is 11.9 Å². The highest BCUT2D eigenvalue weighted by molar-refractivity contribution is 7.89. The molecule has 26 heavy (non-hydrogen) atoms. The first-order valence-corrected chi connectivity index (χ1v) is 10.1. The average Bonchev–Trinajstić information content (AvgIpc) is 3.14. The maximum atomic E-state index is 12.8. The van der Waals surface area contributed by atoms with Gasteiger partial charge in [-0.25, -0.2) is 8.42 Å². The predicted molar refractivity (Wildman–Crippen MR) is 100 cm³/mol. The maximum absolute atomic E-state index is 12.8. The van der Waals surface area contributed by atoms with Gasteiger partial charge in [-0.15, -0.1) is 0 Å².